The number of amides is 1. The molecule has 5 heteroatoms. The molecule has 74 valence electrons. The quantitative estimate of drug-likeness (QED) is 0.722. The number of furan rings is 1. The fourth-order valence-electron chi connectivity index (χ4n) is 0.848. The smallest absolute Gasteiger partial charge is 0.287 e. The highest BCUT2D eigenvalue weighted by molar-refractivity contribution is 5.91. The van der Waals surface area contributed by atoms with Crippen molar-refractivity contribution in [2.45, 2.75) is 13.0 Å². The van der Waals surface area contributed by atoms with Crippen LogP contribution in [0.4, 0.5) is 0 Å². The first-order valence-electron chi connectivity index (χ1n) is 4.09. The number of aliphatic hydroxyl groups is 1. The molecule has 0 saturated heterocycles. The van der Waals surface area contributed by atoms with Crippen molar-refractivity contribution in [2.75, 3.05) is 6.54 Å². The maximum Gasteiger partial charge on any atom is 0.287 e. The van der Waals surface area contributed by atoms with Crippen LogP contribution in [0.2, 0.25) is 0 Å². The average Bonchev–Trinajstić information content (AvgIpc) is 2.62. The molecular formula is C9H10N2O3. The Hall–Kier alpha value is -1.80. The Kier molecular flexibility index (Phi) is 3.26. The second-order valence-electron chi connectivity index (χ2n) is 2.83. The van der Waals surface area contributed by atoms with Crippen LogP contribution in [0.3, 0.4) is 0 Å². The first-order valence-corrected chi connectivity index (χ1v) is 4.09. The van der Waals surface area contributed by atoms with E-state index in [0.29, 0.717) is 0 Å². The van der Waals surface area contributed by atoms with Gasteiger partial charge in [0.05, 0.1) is 6.10 Å². The molecule has 0 aromatic carbocycles. The van der Waals surface area contributed by atoms with Crippen LogP contribution >= 0.6 is 0 Å². The van der Waals surface area contributed by atoms with Gasteiger partial charge in [-0.25, -0.2) is 0 Å². The molecule has 1 aromatic rings. The number of carbonyl (C=O) groups excluding carboxylic acids is 1. The Morgan fingerprint density at radius 2 is 2.50 bits per heavy atom. The van der Waals surface area contributed by atoms with Crippen LogP contribution in [0.5, 0.6) is 0 Å². The number of aliphatic hydroxyl groups excluding tert-OH is 1. The first kappa shape index (κ1) is 10.3. The monoisotopic (exact) mass is 194 g/mol. The van der Waals surface area contributed by atoms with Crippen molar-refractivity contribution in [1.82, 2.24) is 5.32 Å². The Morgan fingerprint density at radius 1 is 1.79 bits per heavy atom. The number of hydrogen-bond donors (Lipinski definition) is 2. The molecule has 2 N–H and O–H groups in total. The van der Waals surface area contributed by atoms with Gasteiger partial charge in [-0.15, -0.1) is 0 Å². The molecule has 0 aliphatic carbocycles. The van der Waals surface area contributed by atoms with Gasteiger partial charge in [-0.05, 0) is 19.1 Å². The summed E-state index contributed by atoms with van der Waals surface area (Å²) < 4.78 is 4.87. The third-order valence-electron chi connectivity index (χ3n) is 1.50. The number of nitrogens with zero attached hydrogens (tertiary/aromatic N) is 1. The minimum atomic E-state index is -0.607. The molecular weight excluding hydrogens is 184 g/mol. The average molecular weight is 194 g/mol. The lowest BCUT2D eigenvalue weighted by Gasteiger charge is -2.04. The third-order valence-corrected chi connectivity index (χ3v) is 1.50. The van der Waals surface area contributed by atoms with Crippen LogP contribution in [0.15, 0.2) is 16.5 Å². The molecule has 5 nitrogen and oxygen atoms in total. The maximum absolute atomic E-state index is 11.3. The summed E-state index contributed by atoms with van der Waals surface area (Å²) in [6.45, 7) is 1.71. The highest BCUT2D eigenvalue weighted by Gasteiger charge is 2.10. The van der Waals surface area contributed by atoms with Crippen molar-refractivity contribution >= 4 is 5.91 Å². The fourth-order valence-corrected chi connectivity index (χ4v) is 0.848. The van der Waals surface area contributed by atoms with E-state index in [1.54, 1.807) is 13.0 Å². The highest BCUT2D eigenvalue weighted by atomic mass is 16.3. The summed E-state index contributed by atoms with van der Waals surface area (Å²) in [4.78, 5) is 11.3. The van der Waals surface area contributed by atoms with Gasteiger partial charge < -0.3 is 14.8 Å². The van der Waals surface area contributed by atoms with E-state index in [4.69, 9.17) is 14.8 Å². The Bertz CT molecular complexity index is 362. The van der Waals surface area contributed by atoms with Crippen LogP contribution in [0.25, 0.3) is 0 Å². The van der Waals surface area contributed by atoms with E-state index in [0.717, 1.165) is 0 Å². The minimum Gasteiger partial charge on any atom is -0.440 e. The van der Waals surface area contributed by atoms with E-state index in [9.17, 15) is 4.79 Å². The normalized spacial score (nSPS) is 11.8. The third kappa shape index (κ3) is 2.61. The van der Waals surface area contributed by atoms with Gasteiger partial charge in [0.25, 0.3) is 5.91 Å². The summed E-state index contributed by atoms with van der Waals surface area (Å²) >= 11 is 0. The molecule has 1 rings (SSSR count). The summed E-state index contributed by atoms with van der Waals surface area (Å²) in [6, 6.07) is 4.60. The van der Waals surface area contributed by atoms with E-state index < -0.39 is 12.0 Å². The maximum atomic E-state index is 11.3. The van der Waals surface area contributed by atoms with Crippen molar-refractivity contribution in [1.29, 1.82) is 5.26 Å². The van der Waals surface area contributed by atoms with Gasteiger partial charge in [0.1, 0.15) is 6.07 Å². The molecule has 0 bridgehead atoms. The number of hydrogen-bond acceptors (Lipinski definition) is 4. The molecule has 0 saturated carbocycles. The van der Waals surface area contributed by atoms with Gasteiger partial charge in [-0.1, -0.05) is 0 Å². The molecule has 1 atom stereocenters. The van der Waals surface area contributed by atoms with Gasteiger partial charge in [0, 0.05) is 6.54 Å². The van der Waals surface area contributed by atoms with E-state index in [1.807, 2.05) is 0 Å². The van der Waals surface area contributed by atoms with Gasteiger partial charge >= 0.3 is 0 Å². The zero-order valence-electron chi connectivity index (χ0n) is 7.65. The summed E-state index contributed by atoms with van der Waals surface area (Å²) in [7, 11) is 0. The molecule has 0 unspecified atom stereocenters. The van der Waals surface area contributed by atoms with Gasteiger partial charge in [-0.2, -0.15) is 5.26 Å². The van der Waals surface area contributed by atoms with E-state index in [-0.39, 0.29) is 18.1 Å². The van der Waals surface area contributed by atoms with Crippen molar-refractivity contribution in [3.8, 4) is 6.07 Å². The van der Waals surface area contributed by atoms with Crippen molar-refractivity contribution < 1.29 is 14.3 Å². The van der Waals surface area contributed by atoms with Crippen LogP contribution < -0.4 is 5.32 Å². The predicted molar refractivity (Wildman–Crippen MR) is 47.4 cm³/mol. The molecule has 0 fully saturated rings. The van der Waals surface area contributed by atoms with Crippen molar-refractivity contribution in [2.24, 2.45) is 0 Å². The molecule has 1 amide bonds. The Morgan fingerprint density at radius 3 is 3.00 bits per heavy atom. The molecule has 0 aliphatic heterocycles. The van der Waals surface area contributed by atoms with Crippen LogP contribution in [0, 0.1) is 11.3 Å². The van der Waals surface area contributed by atoms with Crippen LogP contribution in [-0.2, 0) is 0 Å². The van der Waals surface area contributed by atoms with Crippen LogP contribution in [-0.4, -0.2) is 23.7 Å². The minimum absolute atomic E-state index is 0.0715. The van der Waals surface area contributed by atoms with E-state index >= 15 is 0 Å². The standard InChI is InChI=1S/C9H10N2O3/c1-6(12)5-11-9(13)8-3-2-7(4-10)14-8/h2-3,6,12H,5H2,1H3,(H,11,13)/t6-/m0/s1. The summed E-state index contributed by atoms with van der Waals surface area (Å²) in [5, 5.41) is 19.8. The van der Waals surface area contributed by atoms with Gasteiger partial charge in [-0.3, -0.25) is 4.79 Å². The summed E-state index contributed by atoms with van der Waals surface area (Å²) in [5.74, 6) is -0.276. The lowest BCUT2D eigenvalue weighted by Crippen LogP contribution is -2.30. The molecule has 1 heterocycles. The molecule has 14 heavy (non-hydrogen) atoms. The highest BCUT2D eigenvalue weighted by Crippen LogP contribution is 2.05. The van der Waals surface area contributed by atoms with E-state index in [1.165, 1.54) is 12.1 Å². The number of rotatable bonds is 3. The van der Waals surface area contributed by atoms with Gasteiger partial charge in [0.15, 0.2) is 5.76 Å². The zero-order chi connectivity index (χ0) is 10.6. The molecule has 0 spiro atoms. The second kappa shape index (κ2) is 4.44. The topological polar surface area (TPSA) is 86.3 Å². The molecule has 0 aliphatic rings. The lowest BCUT2D eigenvalue weighted by molar-refractivity contribution is 0.0896. The number of carbonyl (C=O) groups is 1. The molecule has 1 aromatic heterocycles. The number of nitrogens with one attached hydrogen (secondary N) is 1. The molecule has 0 radical (unpaired) electrons. The van der Waals surface area contributed by atoms with Gasteiger partial charge in [0.2, 0.25) is 5.76 Å². The van der Waals surface area contributed by atoms with E-state index in [2.05, 4.69) is 5.32 Å². The SMILES string of the molecule is C[C@H](O)CNC(=O)c1ccc(C#N)o1. The lowest BCUT2D eigenvalue weighted by atomic mass is 10.3. The second-order valence-corrected chi connectivity index (χ2v) is 2.83. The Labute approximate surface area is 80.9 Å². The van der Waals surface area contributed by atoms with Crippen molar-refractivity contribution in [3.05, 3.63) is 23.7 Å². The summed E-state index contributed by atoms with van der Waals surface area (Å²) in [5.41, 5.74) is 0. The number of nitriles is 1. The fraction of sp³-hybridized carbons (Fsp3) is 0.333. The predicted octanol–water partition coefficient (Wildman–Crippen LogP) is 0.262. The summed E-state index contributed by atoms with van der Waals surface area (Å²) in [6.07, 6.45) is -0.607. The first-order chi connectivity index (χ1) is 6.63. The van der Waals surface area contributed by atoms with Crippen LogP contribution in [0.1, 0.15) is 23.2 Å². The largest absolute Gasteiger partial charge is 0.440 e. The zero-order valence-corrected chi connectivity index (χ0v) is 7.65. The van der Waals surface area contributed by atoms with Crippen molar-refractivity contribution in [3.63, 3.8) is 0 Å². The Balaban J connectivity index is 2.57.